The number of rotatable bonds is 2. The molecule has 0 saturated carbocycles. The van der Waals surface area contributed by atoms with Crippen molar-refractivity contribution < 1.29 is 14.6 Å². The van der Waals surface area contributed by atoms with Crippen molar-refractivity contribution >= 4 is 35.2 Å². The van der Waals surface area contributed by atoms with Crippen LogP contribution in [0.4, 0.5) is 0 Å². The first kappa shape index (κ1) is 13.4. The van der Waals surface area contributed by atoms with E-state index in [2.05, 4.69) is 0 Å². The number of carbonyl (C=O) groups excluding carboxylic acids is 1. The number of halogens is 2. The zero-order valence-electron chi connectivity index (χ0n) is 9.48. The molecule has 0 aliphatic carbocycles. The van der Waals surface area contributed by atoms with Crippen molar-refractivity contribution in [1.29, 1.82) is 0 Å². The Balaban J connectivity index is 2.08. The van der Waals surface area contributed by atoms with Gasteiger partial charge in [0.15, 0.2) is 0 Å². The van der Waals surface area contributed by atoms with Gasteiger partial charge in [0.25, 0.3) is 0 Å². The maximum atomic E-state index is 11.1. The van der Waals surface area contributed by atoms with E-state index >= 15 is 0 Å². The number of esters is 1. The summed E-state index contributed by atoms with van der Waals surface area (Å²) in [5.74, 6) is -0.384. The number of benzene rings is 1. The number of aliphatic hydroxyl groups is 1. The van der Waals surface area contributed by atoms with Crippen LogP contribution in [0.25, 0.3) is 6.08 Å². The molecule has 1 saturated heterocycles. The summed E-state index contributed by atoms with van der Waals surface area (Å²) >= 11 is 11.8. The van der Waals surface area contributed by atoms with Gasteiger partial charge >= 0.3 is 5.97 Å². The van der Waals surface area contributed by atoms with Crippen LogP contribution >= 0.6 is 23.2 Å². The molecule has 0 aromatic heterocycles. The second-order valence-electron chi connectivity index (χ2n) is 4.15. The highest BCUT2D eigenvalue weighted by Gasteiger charge is 2.25. The Morgan fingerprint density at radius 1 is 1.39 bits per heavy atom. The zero-order valence-corrected chi connectivity index (χ0v) is 11.0. The second-order valence-corrected chi connectivity index (χ2v) is 4.99. The van der Waals surface area contributed by atoms with Crippen molar-refractivity contribution in [2.24, 2.45) is 0 Å². The largest absolute Gasteiger partial charge is 0.458 e. The maximum absolute atomic E-state index is 11.1. The average molecular weight is 287 g/mol. The molecule has 5 heteroatoms. The zero-order chi connectivity index (χ0) is 13.1. The van der Waals surface area contributed by atoms with Gasteiger partial charge in [-0.15, -0.1) is 0 Å². The summed E-state index contributed by atoms with van der Waals surface area (Å²) < 4.78 is 5.09. The fraction of sp³-hybridized carbons (Fsp3) is 0.308. The molecule has 0 amide bonds. The molecule has 1 aromatic rings. The van der Waals surface area contributed by atoms with E-state index in [1.165, 1.54) is 0 Å². The minimum atomic E-state index is -0.637. The lowest BCUT2D eigenvalue weighted by Crippen LogP contribution is -2.31. The number of carbonyl (C=O) groups is 1. The van der Waals surface area contributed by atoms with Gasteiger partial charge in [-0.05, 0) is 23.8 Å². The van der Waals surface area contributed by atoms with Crippen molar-refractivity contribution in [1.82, 2.24) is 0 Å². The lowest BCUT2D eigenvalue weighted by Gasteiger charge is -2.23. The van der Waals surface area contributed by atoms with E-state index in [1.807, 2.05) is 0 Å². The summed E-state index contributed by atoms with van der Waals surface area (Å²) in [7, 11) is 0. The lowest BCUT2D eigenvalue weighted by atomic mass is 10.0. The van der Waals surface area contributed by atoms with E-state index in [-0.39, 0.29) is 12.4 Å². The summed E-state index contributed by atoms with van der Waals surface area (Å²) in [4.78, 5) is 11.1. The quantitative estimate of drug-likeness (QED) is 0.850. The van der Waals surface area contributed by atoms with Gasteiger partial charge in [-0.2, -0.15) is 0 Å². The second kappa shape index (κ2) is 5.74. The topological polar surface area (TPSA) is 46.5 Å². The van der Waals surface area contributed by atoms with Crippen LogP contribution in [0.2, 0.25) is 10.0 Å². The molecule has 1 aliphatic rings. The molecule has 1 heterocycles. The molecule has 0 bridgehead atoms. The van der Waals surface area contributed by atoms with Gasteiger partial charge in [0, 0.05) is 16.5 Å². The van der Waals surface area contributed by atoms with Crippen LogP contribution in [0.3, 0.4) is 0 Å². The molecule has 2 atom stereocenters. The molecule has 1 N–H and O–H groups in total. The van der Waals surface area contributed by atoms with Gasteiger partial charge in [0.2, 0.25) is 0 Å². The molecule has 3 nitrogen and oxygen atoms in total. The molecule has 1 fully saturated rings. The Morgan fingerprint density at radius 2 is 2.17 bits per heavy atom. The van der Waals surface area contributed by atoms with Crippen LogP contribution in [-0.4, -0.2) is 23.3 Å². The van der Waals surface area contributed by atoms with Crippen molar-refractivity contribution in [3.63, 3.8) is 0 Å². The van der Waals surface area contributed by atoms with Gasteiger partial charge in [-0.3, -0.25) is 4.79 Å². The molecular formula is C13H12Cl2O3. The molecule has 2 rings (SSSR count). The van der Waals surface area contributed by atoms with Crippen molar-refractivity contribution in [3.05, 3.63) is 39.9 Å². The Labute approximate surface area is 115 Å². The third kappa shape index (κ3) is 3.48. The van der Waals surface area contributed by atoms with Crippen LogP contribution in [-0.2, 0) is 9.53 Å². The summed E-state index contributed by atoms with van der Waals surface area (Å²) in [6.45, 7) is 0. The van der Waals surface area contributed by atoms with E-state index in [0.29, 0.717) is 16.5 Å². The van der Waals surface area contributed by atoms with Gasteiger partial charge < -0.3 is 9.84 Å². The van der Waals surface area contributed by atoms with E-state index in [1.54, 1.807) is 30.4 Å². The van der Waals surface area contributed by atoms with Gasteiger partial charge in [-0.25, -0.2) is 0 Å². The van der Waals surface area contributed by atoms with Crippen LogP contribution in [0.1, 0.15) is 18.4 Å². The molecule has 1 aromatic carbocycles. The Bertz CT molecular complexity index is 485. The predicted molar refractivity (Wildman–Crippen MR) is 70.6 cm³/mol. The minimum absolute atomic E-state index is 0.0615. The SMILES string of the molecule is O=C1C[C@H](O)C[C@@H](/C=C/c2ccc(Cl)cc2Cl)O1. The average Bonchev–Trinajstić information content (AvgIpc) is 2.26. The van der Waals surface area contributed by atoms with E-state index in [0.717, 1.165) is 5.56 Å². The molecule has 96 valence electrons. The molecule has 18 heavy (non-hydrogen) atoms. The van der Waals surface area contributed by atoms with Crippen molar-refractivity contribution in [3.8, 4) is 0 Å². The molecule has 0 unspecified atom stereocenters. The smallest absolute Gasteiger partial charge is 0.309 e. The Kier molecular flexibility index (Phi) is 4.27. The third-order valence-corrected chi connectivity index (χ3v) is 3.20. The first-order chi connectivity index (χ1) is 8.54. The van der Waals surface area contributed by atoms with E-state index < -0.39 is 12.2 Å². The van der Waals surface area contributed by atoms with Gasteiger partial charge in [-0.1, -0.05) is 35.3 Å². The number of cyclic esters (lactones) is 1. The number of ether oxygens (including phenoxy) is 1. The van der Waals surface area contributed by atoms with Crippen molar-refractivity contribution in [2.75, 3.05) is 0 Å². The number of hydrogen-bond donors (Lipinski definition) is 1. The molecule has 0 spiro atoms. The minimum Gasteiger partial charge on any atom is -0.458 e. The normalized spacial score (nSPS) is 24.3. The van der Waals surface area contributed by atoms with E-state index in [9.17, 15) is 9.90 Å². The molecule has 1 aliphatic heterocycles. The highest BCUT2D eigenvalue weighted by molar-refractivity contribution is 6.35. The summed E-state index contributed by atoms with van der Waals surface area (Å²) in [5, 5.41) is 10.6. The monoisotopic (exact) mass is 286 g/mol. The molecule has 0 radical (unpaired) electrons. The van der Waals surface area contributed by atoms with Crippen LogP contribution in [0, 0.1) is 0 Å². The predicted octanol–water partition coefficient (Wildman–Crippen LogP) is 3.07. The highest BCUT2D eigenvalue weighted by atomic mass is 35.5. The number of hydrogen-bond acceptors (Lipinski definition) is 3. The maximum Gasteiger partial charge on any atom is 0.309 e. The van der Waals surface area contributed by atoms with Gasteiger partial charge in [0.05, 0.1) is 12.5 Å². The fourth-order valence-corrected chi connectivity index (χ4v) is 2.25. The van der Waals surface area contributed by atoms with Crippen LogP contribution in [0.5, 0.6) is 0 Å². The van der Waals surface area contributed by atoms with Crippen molar-refractivity contribution in [2.45, 2.75) is 25.0 Å². The third-order valence-electron chi connectivity index (χ3n) is 2.64. The van der Waals surface area contributed by atoms with Crippen LogP contribution in [0.15, 0.2) is 24.3 Å². The van der Waals surface area contributed by atoms with E-state index in [4.69, 9.17) is 27.9 Å². The fourth-order valence-electron chi connectivity index (χ4n) is 1.77. The highest BCUT2D eigenvalue weighted by Crippen LogP contribution is 2.23. The summed E-state index contributed by atoms with van der Waals surface area (Å²) in [6, 6.07) is 5.15. The lowest BCUT2D eigenvalue weighted by molar-refractivity contribution is -0.156. The van der Waals surface area contributed by atoms with Gasteiger partial charge in [0.1, 0.15) is 6.10 Å². The first-order valence-corrected chi connectivity index (χ1v) is 6.31. The van der Waals surface area contributed by atoms with Crippen LogP contribution < -0.4 is 0 Å². The molecular weight excluding hydrogens is 275 g/mol. The first-order valence-electron chi connectivity index (χ1n) is 5.55. The standard InChI is InChI=1S/C13H12Cl2O3/c14-9-3-1-8(12(15)5-9)2-4-11-6-10(16)7-13(17)18-11/h1-5,10-11,16H,6-7H2/b4-2+/t10-,11-/m1/s1. The summed E-state index contributed by atoms with van der Waals surface area (Å²) in [5.41, 5.74) is 0.789. The summed E-state index contributed by atoms with van der Waals surface area (Å²) in [6.07, 6.45) is 2.90. The Hall–Kier alpha value is -1.03. The Morgan fingerprint density at radius 3 is 2.83 bits per heavy atom. The number of aliphatic hydroxyl groups excluding tert-OH is 1.